The number of aryl methyl sites for hydroxylation is 2. The number of hydrogen-bond donors (Lipinski definition) is 0. The Morgan fingerprint density at radius 1 is 1.12 bits per heavy atom. The van der Waals surface area contributed by atoms with Gasteiger partial charge in [-0.1, -0.05) is 0 Å². The van der Waals surface area contributed by atoms with Gasteiger partial charge in [-0.25, -0.2) is 4.79 Å². The summed E-state index contributed by atoms with van der Waals surface area (Å²) in [6.45, 7) is 7.23. The molecule has 3 heterocycles. The summed E-state index contributed by atoms with van der Waals surface area (Å²) in [7, 11) is 1.33. The molecule has 0 atom stereocenters. The van der Waals surface area contributed by atoms with E-state index in [1.54, 1.807) is 18.2 Å². The fourth-order valence-electron chi connectivity index (χ4n) is 3.24. The molecule has 140 valence electrons. The van der Waals surface area contributed by atoms with Crippen LogP contribution in [0.1, 0.15) is 44.6 Å². The highest BCUT2D eigenvalue weighted by atomic mass is 16.5. The van der Waals surface area contributed by atoms with Crippen LogP contribution < -0.4 is 0 Å². The molecule has 0 aliphatic carbocycles. The minimum Gasteiger partial charge on any atom is -0.466 e. The van der Waals surface area contributed by atoms with Gasteiger partial charge in [-0.05, 0) is 38.5 Å². The lowest BCUT2D eigenvalue weighted by Crippen LogP contribution is -2.35. The summed E-state index contributed by atoms with van der Waals surface area (Å²) in [4.78, 5) is 28.3. The maximum Gasteiger partial charge on any atom is 0.373 e. The predicted molar refractivity (Wildman–Crippen MR) is 94.0 cm³/mol. The Hall–Kier alpha value is -2.54. The van der Waals surface area contributed by atoms with Crippen molar-refractivity contribution in [1.29, 1.82) is 0 Å². The maximum atomic E-state index is 12.7. The minimum atomic E-state index is -0.477. The number of rotatable bonds is 4. The molecule has 1 amide bonds. The van der Waals surface area contributed by atoms with Crippen LogP contribution in [-0.2, 0) is 11.3 Å². The van der Waals surface area contributed by atoms with Crippen LogP contribution in [0.2, 0.25) is 0 Å². The van der Waals surface area contributed by atoms with Gasteiger partial charge in [0.15, 0.2) is 0 Å². The predicted octanol–water partition coefficient (Wildman–Crippen LogP) is 2.62. The molecule has 0 spiro atoms. The molecular weight excluding hydrogens is 336 g/mol. The SMILES string of the molecule is COC(=O)c1ccc(CN2CCCN(C(=O)c3cc(C)oc3C)CC2)o1. The fourth-order valence-corrected chi connectivity index (χ4v) is 3.24. The zero-order chi connectivity index (χ0) is 18.7. The molecule has 26 heavy (non-hydrogen) atoms. The zero-order valence-electron chi connectivity index (χ0n) is 15.4. The summed E-state index contributed by atoms with van der Waals surface area (Å²) in [6.07, 6.45) is 0.881. The molecular formula is C19H24N2O5. The number of esters is 1. The van der Waals surface area contributed by atoms with Crippen LogP contribution in [0, 0.1) is 13.8 Å². The van der Waals surface area contributed by atoms with Crippen molar-refractivity contribution >= 4 is 11.9 Å². The number of carbonyl (C=O) groups is 2. The molecule has 1 aliphatic heterocycles. The van der Waals surface area contributed by atoms with E-state index in [1.807, 2.05) is 18.7 Å². The number of ether oxygens (including phenoxy) is 1. The summed E-state index contributed by atoms with van der Waals surface area (Å²) in [6, 6.07) is 5.22. The van der Waals surface area contributed by atoms with E-state index >= 15 is 0 Å². The summed E-state index contributed by atoms with van der Waals surface area (Å²) >= 11 is 0. The molecule has 7 nitrogen and oxygen atoms in total. The summed E-state index contributed by atoms with van der Waals surface area (Å²) < 4.78 is 15.7. The van der Waals surface area contributed by atoms with Crippen molar-refractivity contribution in [2.75, 3.05) is 33.3 Å². The van der Waals surface area contributed by atoms with Crippen molar-refractivity contribution in [2.45, 2.75) is 26.8 Å². The average Bonchev–Trinajstić information content (AvgIpc) is 3.13. The standard InChI is InChI=1S/C19H24N2O5/c1-13-11-16(14(2)25-13)18(22)21-8-4-7-20(9-10-21)12-15-5-6-17(26-15)19(23)24-3/h5-6,11H,4,7-10,12H2,1-3H3. The number of carbonyl (C=O) groups excluding carboxylic acids is 2. The lowest BCUT2D eigenvalue weighted by molar-refractivity contribution is 0.0560. The van der Waals surface area contributed by atoms with E-state index in [-0.39, 0.29) is 11.7 Å². The van der Waals surface area contributed by atoms with Crippen molar-refractivity contribution < 1.29 is 23.2 Å². The summed E-state index contributed by atoms with van der Waals surface area (Å²) in [5.41, 5.74) is 0.643. The third-order valence-corrected chi connectivity index (χ3v) is 4.57. The summed E-state index contributed by atoms with van der Waals surface area (Å²) in [5.74, 6) is 1.88. The van der Waals surface area contributed by atoms with E-state index in [4.69, 9.17) is 8.83 Å². The Labute approximate surface area is 152 Å². The molecule has 1 saturated heterocycles. The van der Waals surface area contributed by atoms with Gasteiger partial charge in [0, 0.05) is 26.2 Å². The first-order chi connectivity index (χ1) is 12.5. The number of nitrogens with zero attached hydrogens (tertiary/aromatic N) is 2. The first-order valence-electron chi connectivity index (χ1n) is 8.73. The van der Waals surface area contributed by atoms with Crippen molar-refractivity contribution in [1.82, 2.24) is 9.80 Å². The highest BCUT2D eigenvalue weighted by molar-refractivity contribution is 5.95. The Morgan fingerprint density at radius 3 is 2.62 bits per heavy atom. The molecule has 2 aromatic rings. The third-order valence-electron chi connectivity index (χ3n) is 4.57. The van der Waals surface area contributed by atoms with Gasteiger partial charge in [-0.2, -0.15) is 0 Å². The monoisotopic (exact) mass is 360 g/mol. The molecule has 0 radical (unpaired) electrons. The van der Waals surface area contributed by atoms with E-state index in [0.29, 0.717) is 36.7 Å². The average molecular weight is 360 g/mol. The number of methoxy groups -OCH3 is 1. The van der Waals surface area contributed by atoms with Gasteiger partial charge < -0.3 is 18.5 Å². The fraction of sp³-hybridized carbons (Fsp3) is 0.474. The molecule has 0 saturated carbocycles. The van der Waals surface area contributed by atoms with Crippen LogP contribution in [-0.4, -0.2) is 55.0 Å². The third kappa shape index (κ3) is 3.99. The molecule has 1 fully saturated rings. The van der Waals surface area contributed by atoms with E-state index < -0.39 is 5.97 Å². The van der Waals surface area contributed by atoms with Crippen LogP contribution in [0.4, 0.5) is 0 Å². The summed E-state index contributed by atoms with van der Waals surface area (Å²) in [5, 5.41) is 0. The van der Waals surface area contributed by atoms with Gasteiger partial charge in [-0.3, -0.25) is 9.69 Å². The van der Waals surface area contributed by atoms with E-state index in [0.717, 1.165) is 25.3 Å². The molecule has 0 N–H and O–H groups in total. The van der Waals surface area contributed by atoms with Crippen LogP contribution in [0.25, 0.3) is 0 Å². The molecule has 1 aliphatic rings. The van der Waals surface area contributed by atoms with Gasteiger partial charge in [0.2, 0.25) is 5.76 Å². The Morgan fingerprint density at radius 2 is 1.92 bits per heavy atom. The van der Waals surface area contributed by atoms with Crippen LogP contribution in [0.3, 0.4) is 0 Å². The lowest BCUT2D eigenvalue weighted by atomic mass is 10.2. The first kappa shape index (κ1) is 18.3. The molecule has 0 aromatic carbocycles. The molecule has 7 heteroatoms. The van der Waals surface area contributed by atoms with Gasteiger partial charge in [0.25, 0.3) is 5.91 Å². The van der Waals surface area contributed by atoms with Gasteiger partial charge in [-0.15, -0.1) is 0 Å². The van der Waals surface area contributed by atoms with Crippen LogP contribution in [0.15, 0.2) is 27.0 Å². The van der Waals surface area contributed by atoms with Crippen molar-refractivity contribution in [3.63, 3.8) is 0 Å². The number of amides is 1. The van der Waals surface area contributed by atoms with Crippen molar-refractivity contribution in [2.24, 2.45) is 0 Å². The topological polar surface area (TPSA) is 76.1 Å². The zero-order valence-corrected chi connectivity index (χ0v) is 15.4. The van der Waals surface area contributed by atoms with Gasteiger partial charge in [0.05, 0.1) is 19.2 Å². The maximum absolute atomic E-state index is 12.7. The first-order valence-corrected chi connectivity index (χ1v) is 8.73. The van der Waals surface area contributed by atoms with E-state index in [9.17, 15) is 9.59 Å². The lowest BCUT2D eigenvalue weighted by Gasteiger charge is -2.21. The second kappa shape index (κ2) is 7.78. The minimum absolute atomic E-state index is 0.0205. The van der Waals surface area contributed by atoms with Gasteiger partial charge in [0.1, 0.15) is 17.3 Å². The Kier molecular flexibility index (Phi) is 5.46. The largest absolute Gasteiger partial charge is 0.466 e. The highest BCUT2D eigenvalue weighted by Gasteiger charge is 2.24. The number of hydrogen-bond acceptors (Lipinski definition) is 6. The Balaban J connectivity index is 1.59. The Bertz CT molecular complexity index is 792. The van der Waals surface area contributed by atoms with E-state index in [1.165, 1.54) is 7.11 Å². The second-order valence-corrected chi connectivity index (χ2v) is 6.51. The molecule has 3 rings (SSSR count). The van der Waals surface area contributed by atoms with Crippen LogP contribution >= 0.6 is 0 Å². The van der Waals surface area contributed by atoms with Crippen LogP contribution in [0.5, 0.6) is 0 Å². The smallest absolute Gasteiger partial charge is 0.373 e. The molecule has 2 aromatic heterocycles. The highest BCUT2D eigenvalue weighted by Crippen LogP contribution is 2.18. The van der Waals surface area contributed by atoms with Crippen molar-refractivity contribution in [3.05, 3.63) is 46.8 Å². The molecule has 0 bridgehead atoms. The normalized spacial score (nSPS) is 15.7. The van der Waals surface area contributed by atoms with Gasteiger partial charge >= 0.3 is 5.97 Å². The van der Waals surface area contributed by atoms with E-state index in [2.05, 4.69) is 9.64 Å². The molecule has 0 unspecified atom stereocenters. The number of furan rings is 2. The van der Waals surface area contributed by atoms with Crippen molar-refractivity contribution in [3.8, 4) is 0 Å². The quantitative estimate of drug-likeness (QED) is 0.780. The second-order valence-electron chi connectivity index (χ2n) is 6.51.